The van der Waals surface area contributed by atoms with Gasteiger partial charge in [-0.2, -0.15) is 0 Å². The van der Waals surface area contributed by atoms with Crippen LogP contribution in [0.25, 0.3) is 0 Å². The molecule has 5 heteroatoms. The number of H-pyrrole nitrogens is 1. The van der Waals surface area contributed by atoms with Gasteiger partial charge in [-0.3, -0.25) is 0 Å². The third-order valence-corrected chi connectivity index (χ3v) is 2.96. The van der Waals surface area contributed by atoms with Gasteiger partial charge >= 0.3 is 0 Å². The lowest BCUT2D eigenvalue weighted by atomic mass is 10.4. The average Bonchev–Trinajstić information content (AvgIpc) is 2.72. The highest BCUT2D eigenvalue weighted by Gasteiger charge is 1.96. The number of aryl methyl sites for hydroxylation is 2. The van der Waals surface area contributed by atoms with Gasteiger partial charge in [0.2, 0.25) is 0 Å². The maximum Gasteiger partial charge on any atom is 0.177 e. The molecule has 0 bridgehead atoms. The van der Waals surface area contributed by atoms with E-state index in [4.69, 9.17) is 12.2 Å². The molecular weight excluding hydrogens is 202 g/mol. The van der Waals surface area contributed by atoms with Gasteiger partial charge in [-0.15, -0.1) is 11.3 Å². The van der Waals surface area contributed by atoms with Crippen molar-refractivity contribution >= 4 is 23.6 Å². The Morgan fingerprint density at radius 1 is 1.62 bits per heavy atom. The van der Waals surface area contributed by atoms with E-state index in [2.05, 4.69) is 9.97 Å². The molecular formula is C8H9N3S2. The molecule has 0 saturated carbocycles. The molecule has 0 fully saturated rings. The number of rotatable bonds is 3. The van der Waals surface area contributed by atoms with E-state index in [0.29, 0.717) is 0 Å². The minimum atomic E-state index is 0.775. The molecule has 68 valence electrons. The highest BCUT2D eigenvalue weighted by Crippen LogP contribution is 2.06. The number of hydrogen-bond donors (Lipinski definition) is 1. The van der Waals surface area contributed by atoms with E-state index in [1.807, 2.05) is 28.5 Å². The standard InChI is InChI=1S/C8H9N3S2/c12-8-10-2-5-11(8)4-1-7-9-3-6-13-7/h2-3,5-6H,1,4H2,(H,10,12). The van der Waals surface area contributed by atoms with Gasteiger partial charge in [-0.25, -0.2) is 4.98 Å². The maximum absolute atomic E-state index is 5.07. The summed E-state index contributed by atoms with van der Waals surface area (Å²) in [7, 11) is 0. The van der Waals surface area contributed by atoms with Crippen LogP contribution in [-0.2, 0) is 13.0 Å². The minimum Gasteiger partial charge on any atom is -0.337 e. The number of aromatic amines is 1. The lowest BCUT2D eigenvalue weighted by Crippen LogP contribution is -1.99. The number of imidazole rings is 1. The first kappa shape index (κ1) is 8.65. The summed E-state index contributed by atoms with van der Waals surface area (Å²) in [5, 5.41) is 3.15. The fraction of sp³-hybridized carbons (Fsp3) is 0.250. The molecule has 0 saturated heterocycles. The fourth-order valence-electron chi connectivity index (χ4n) is 1.12. The largest absolute Gasteiger partial charge is 0.337 e. The van der Waals surface area contributed by atoms with E-state index in [-0.39, 0.29) is 0 Å². The Morgan fingerprint density at radius 3 is 3.15 bits per heavy atom. The van der Waals surface area contributed by atoms with Crippen LogP contribution < -0.4 is 0 Å². The van der Waals surface area contributed by atoms with Gasteiger partial charge in [-0.05, 0) is 12.2 Å². The number of thiazole rings is 1. The van der Waals surface area contributed by atoms with Gasteiger partial charge < -0.3 is 9.55 Å². The zero-order valence-corrected chi connectivity index (χ0v) is 8.57. The molecule has 0 aliphatic heterocycles. The second kappa shape index (κ2) is 3.85. The Morgan fingerprint density at radius 2 is 2.54 bits per heavy atom. The molecule has 0 atom stereocenters. The maximum atomic E-state index is 5.07. The highest BCUT2D eigenvalue weighted by atomic mass is 32.1. The van der Waals surface area contributed by atoms with Crippen molar-refractivity contribution in [1.82, 2.24) is 14.5 Å². The van der Waals surface area contributed by atoms with E-state index in [0.717, 1.165) is 22.7 Å². The van der Waals surface area contributed by atoms with E-state index in [9.17, 15) is 0 Å². The van der Waals surface area contributed by atoms with Crippen LogP contribution in [0.4, 0.5) is 0 Å². The topological polar surface area (TPSA) is 33.6 Å². The summed E-state index contributed by atoms with van der Waals surface area (Å²) in [4.78, 5) is 7.17. The normalized spacial score (nSPS) is 10.5. The van der Waals surface area contributed by atoms with E-state index < -0.39 is 0 Å². The van der Waals surface area contributed by atoms with E-state index in [1.54, 1.807) is 11.3 Å². The molecule has 2 aromatic heterocycles. The summed E-state index contributed by atoms with van der Waals surface area (Å²) in [5.41, 5.74) is 0. The lowest BCUT2D eigenvalue weighted by molar-refractivity contribution is 0.684. The van der Waals surface area contributed by atoms with Crippen LogP contribution >= 0.6 is 23.6 Å². The zero-order chi connectivity index (χ0) is 9.10. The first-order valence-corrected chi connectivity index (χ1v) is 5.27. The van der Waals surface area contributed by atoms with Gasteiger partial charge in [0.15, 0.2) is 4.77 Å². The number of aromatic nitrogens is 3. The van der Waals surface area contributed by atoms with Crippen molar-refractivity contribution in [2.75, 3.05) is 0 Å². The Kier molecular flexibility index (Phi) is 2.56. The molecule has 2 heterocycles. The molecule has 13 heavy (non-hydrogen) atoms. The molecule has 3 nitrogen and oxygen atoms in total. The van der Waals surface area contributed by atoms with Crippen molar-refractivity contribution in [3.8, 4) is 0 Å². The van der Waals surface area contributed by atoms with Crippen LogP contribution in [0.5, 0.6) is 0 Å². The van der Waals surface area contributed by atoms with Crippen LogP contribution in [-0.4, -0.2) is 14.5 Å². The zero-order valence-electron chi connectivity index (χ0n) is 6.93. The number of hydrogen-bond acceptors (Lipinski definition) is 3. The second-order valence-electron chi connectivity index (χ2n) is 2.63. The van der Waals surface area contributed by atoms with Crippen molar-refractivity contribution in [3.05, 3.63) is 33.7 Å². The van der Waals surface area contributed by atoms with Crippen LogP contribution in [0.3, 0.4) is 0 Å². The molecule has 2 rings (SSSR count). The third-order valence-electron chi connectivity index (χ3n) is 1.77. The summed E-state index contributed by atoms with van der Waals surface area (Å²) in [6, 6.07) is 0. The predicted octanol–water partition coefficient (Wildman–Crippen LogP) is 2.24. The van der Waals surface area contributed by atoms with Gasteiger partial charge in [0.05, 0.1) is 5.01 Å². The van der Waals surface area contributed by atoms with Crippen LogP contribution in [0.15, 0.2) is 24.0 Å². The third kappa shape index (κ3) is 2.05. The van der Waals surface area contributed by atoms with Crippen molar-refractivity contribution in [2.24, 2.45) is 0 Å². The van der Waals surface area contributed by atoms with Crippen molar-refractivity contribution < 1.29 is 0 Å². The summed E-state index contributed by atoms with van der Waals surface area (Å²) in [6.45, 7) is 0.899. The SMILES string of the molecule is S=c1[nH]ccn1CCc1nccs1. The van der Waals surface area contributed by atoms with Crippen LogP contribution in [0.1, 0.15) is 5.01 Å². The number of nitrogens with one attached hydrogen (secondary N) is 1. The summed E-state index contributed by atoms with van der Waals surface area (Å²) in [6.07, 6.45) is 6.58. The second-order valence-corrected chi connectivity index (χ2v) is 4.00. The Labute approximate surface area is 85.1 Å². The van der Waals surface area contributed by atoms with Gasteiger partial charge in [0.25, 0.3) is 0 Å². The van der Waals surface area contributed by atoms with E-state index >= 15 is 0 Å². The Hall–Kier alpha value is -0.940. The molecule has 1 N–H and O–H groups in total. The highest BCUT2D eigenvalue weighted by molar-refractivity contribution is 7.71. The lowest BCUT2D eigenvalue weighted by Gasteiger charge is -1.98. The monoisotopic (exact) mass is 211 g/mol. The van der Waals surface area contributed by atoms with Crippen LogP contribution in [0.2, 0.25) is 0 Å². The first-order valence-electron chi connectivity index (χ1n) is 3.98. The molecule has 0 aliphatic rings. The Balaban J connectivity index is 2.01. The molecule has 0 unspecified atom stereocenters. The van der Waals surface area contributed by atoms with Crippen molar-refractivity contribution in [1.29, 1.82) is 0 Å². The summed E-state index contributed by atoms with van der Waals surface area (Å²) in [5.74, 6) is 0. The summed E-state index contributed by atoms with van der Waals surface area (Å²) < 4.78 is 2.79. The molecule has 0 spiro atoms. The smallest absolute Gasteiger partial charge is 0.177 e. The predicted molar refractivity (Wildman–Crippen MR) is 55.4 cm³/mol. The van der Waals surface area contributed by atoms with Gasteiger partial charge in [0, 0.05) is 36.9 Å². The number of nitrogens with zero attached hydrogens (tertiary/aromatic N) is 2. The fourth-order valence-corrected chi connectivity index (χ4v) is 1.95. The quantitative estimate of drug-likeness (QED) is 0.790. The van der Waals surface area contributed by atoms with Gasteiger partial charge in [-0.1, -0.05) is 0 Å². The summed E-state index contributed by atoms with van der Waals surface area (Å²) >= 11 is 6.75. The molecule has 2 aromatic rings. The van der Waals surface area contributed by atoms with Crippen molar-refractivity contribution in [2.45, 2.75) is 13.0 Å². The molecule has 0 aromatic carbocycles. The first-order chi connectivity index (χ1) is 6.36. The Bertz CT molecular complexity index is 413. The average molecular weight is 211 g/mol. The van der Waals surface area contributed by atoms with Crippen molar-refractivity contribution in [3.63, 3.8) is 0 Å². The van der Waals surface area contributed by atoms with Gasteiger partial charge in [0.1, 0.15) is 0 Å². The minimum absolute atomic E-state index is 0.775. The molecule has 0 radical (unpaired) electrons. The van der Waals surface area contributed by atoms with E-state index in [1.165, 1.54) is 0 Å². The molecule has 0 amide bonds. The molecule has 0 aliphatic carbocycles. The van der Waals surface area contributed by atoms with Crippen LogP contribution in [0, 0.1) is 4.77 Å².